The van der Waals surface area contributed by atoms with Crippen LogP contribution in [0, 0.1) is 11.8 Å². The van der Waals surface area contributed by atoms with Gasteiger partial charge in [0.2, 0.25) is 0 Å². The number of aliphatic carboxylic acids is 1. The van der Waals surface area contributed by atoms with Crippen LogP contribution in [0.15, 0.2) is 104 Å². The van der Waals surface area contributed by atoms with Gasteiger partial charge >= 0.3 is 11.9 Å². The van der Waals surface area contributed by atoms with Crippen LogP contribution < -0.4 is 0 Å². The van der Waals surface area contributed by atoms with E-state index in [9.17, 15) is 14.7 Å². The third kappa shape index (κ3) is 3.39. The predicted octanol–water partition coefficient (Wildman–Crippen LogP) is 4.31. The van der Waals surface area contributed by atoms with Gasteiger partial charge < -0.3 is 14.4 Å². The van der Waals surface area contributed by atoms with Gasteiger partial charge in [-0.25, -0.2) is 4.98 Å². The molecule has 0 bridgehead atoms. The van der Waals surface area contributed by atoms with E-state index >= 15 is 0 Å². The summed E-state index contributed by atoms with van der Waals surface area (Å²) >= 11 is 0. The highest BCUT2D eigenvalue weighted by Crippen LogP contribution is 2.54. The first-order valence-corrected chi connectivity index (χ1v) is 11.1. The summed E-state index contributed by atoms with van der Waals surface area (Å²) in [6.07, 6.45) is 3.60. The van der Waals surface area contributed by atoms with Gasteiger partial charge in [-0.05, 0) is 16.7 Å². The molecule has 1 fully saturated rings. The zero-order valence-corrected chi connectivity index (χ0v) is 18.6. The fourth-order valence-electron chi connectivity index (χ4n) is 5.09. The number of esters is 1. The van der Waals surface area contributed by atoms with Crippen molar-refractivity contribution in [1.29, 1.82) is 0 Å². The minimum absolute atomic E-state index is 0.521. The molecule has 4 aromatic rings. The maximum absolute atomic E-state index is 12.2. The largest absolute Gasteiger partial charge is 0.481 e. The standard InChI is InChI=1S/C28H24N2O4/c1-34-27(33)25-23(24(25)26(31)32)22-17-30(18-29-22)28(19-11-5-2-6-12-19,20-13-7-3-8-14-20)21-15-9-4-10-16-21/h2-18,23-25H,1H3,(H,31,32). The van der Waals surface area contributed by atoms with E-state index in [1.165, 1.54) is 7.11 Å². The lowest BCUT2D eigenvalue weighted by Gasteiger charge is -2.37. The van der Waals surface area contributed by atoms with Crippen LogP contribution in [-0.4, -0.2) is 33.7 Å². The lowest BCUT2D eigenvalue weighted by atomic mass is 9.77. The van der Waals surface area contributed by atoms with Crippen molar-refractivity contribution in [2.24, 2.45) is 11.8 Å². The molecule has 0 radical (unpaired) electrons. The second-order valence-corrected chi connectivity index (χ2v) is 8.45. The first-order chi connectivity index (χ1) is 16.6. The van der Waals surface area contributed by atoms with Crippen molar-refractivity contribution in [2.45, 2.75) is 11.5 Å². The van der Waals surface area contributed by atoms with Crippen molar-refractivity contribution in [3.05, 3.63) is 126 Å². The minimum atomic E-state index is -1.02. The summed E-state index contributed by atoms with van der Waals surface area (Å²) < 4.78 is 6.87. The topological polar surface area (TPSA) is 81.4 Å². The second kappa shape index (κ2) is 8.63. The summed E-state index contributed by atoms with van der Waals surface area (Å²) in [6.45, 7) is 0. The highest BCUT2D eigenvalue weighted by Gasteiger charge is 2.62. The molecule has 1 N–H and O–H groups in total. The molecule has 3 atom stereocenters. The van der Waals surface area contributed by atoms with Crippen LogP contribution in [0.2, 0.25) is 0 Å². The fourth-order valence-corrected chi connectivity index (χ4v) is 5.09. The second-order valence-electron chi connectivity index (χ2n) is 8.45. The minimum Gasteiger partial charge on any atom is -0.481 e. The Morgan fingerprint density at radius 2 is 1.29 bits per heavy atom. The molecule has 5 rings (SSSR count). The van der Waals surface area contributed by atoms with Crippen molar-refractivity contribution >= 4 is 11.9 Å². The van der Waals surface area contributed by atoms with E-state index in [1.807, 2.05) is 65.4 Å². The van der Waals surface area contributed by atoms with Crippen LogP contribution in [0.3, 0.4) is 0 Å². The third-order valence-electron chi connectivity index (χ3n) is 6.68. The number of carbonyl (C=O) groups excluding carboxylic acids is 1. The van der Waals surface area contributed by atoms with Crippen LogP contribution in [0.4, 0.5) is 0 Å². The molecule has 1 aromatic heterocycles. The van der Waals surface area contributed by atoms with Crippen molar-refractivity contribution in [1.82, 2.24) is 9.55 Å². The number of carboxylic acid groups (broad SMARTS) is 1. The van der Waals surface area contributed by atoms with Gasteiger partial charge in [-0.1, -0.05) is 91.0 Å². The Balaban J connectivity index is 1.72. The van der Waals surface area contributed by atoms with Gasteiger partial charge in [-0.2, -0.15) is 0 Å². The Morgan fingerprint density at radius 3 is 1.71 bits per heavy atom. The van der Waals surface area contributed by atoms with Crippen molar-refractivity contribution in [3.8, 4) is 0 Å². The molecular weight excluding hydrogens is 428 g/mol. The lowest BCUT2D eigenvalue weighted by Crippen LogP contribution is -2.36. The summed E-state index contributed by atoms with van der Waals surface area (Å²) in [7, 11) is 1.28. The van der Waals surface area contributed by atoms with Gasteiger partial charge in [-0.15, -0.1) is 0 Å². The third-order valence-corrected chi connectivity index (χ3v) is 6.68. The molecule has 0 amide bonds. The number of ether oxygens (including phenoxy) is 1. The van der Waals surface area contributed by atoms with Crippen LogP contribution >= 0.6 is 0 Å². The zero-order valence-electron chi connectivity index (χ0n) is 18.6. The van der Waals surface area contributed by atoms with E-state index in [0.29, 0.717) is 5.69 Å². The fraction of sp³-hybridized carbons (Fsp3) is 0.179. The Bertz CT molecular complexity index is 1210. The van der Waals surface area contributed by atoms with Crippen LogP contribution in [-0.2, 0) is 19.9 Å². The number of benzene rings is 3. The maximum Gasteiger partial charge on any atom is 0.310 e. The monoisotopic (exact) mass is 452 g/mol. The number of hydrogen-bond acceptors (Lipinski definition) is 4. The quantitative estimate of drug-likeness (QED) is 0.334. The Labute approximate surface area is 197 Å². The summed E-state index contributed by atoms with van der Waals surface area (Å²) in [4.78, 5) is 28.6. The first-order valence-electron chi connectivity index (χ1n) is 11.1. The molecule has 0 spiro atoms. The Hall–Kier alpha value is -4.19. The van der Waals surface area contributed by atoms with E-state index < -0.39 is 35.2 Å². The van der Waals surface area contributed by atoms with Gasteiger partial charge in [0.05, 0.1) is 31.0 Å². The first kappa shape index (κ1) is 21.6. The molecule has 0 aliphatic heterocycles. The van der Waals surface area contributed by atoms with Crippen molar-refractivity contribution in [2.75, 3.05) is 7.11 Å². The van der Waals surface area contributed by atoms with E-state index in [4.69, 9.17) is 4.74 Å². The van der Waals surface area contributed by atoms with Crippen molar-refractivity contribution in [3.63, 3.8) is 0 Å². The van der Waals surface area contributed by atoms with E-state index in [2.05, 4.69) is 41.4 Å². The number of aromatic nitrogens is 2. The number of imidazole rings is 1. The molecule has 3 aromatic carbocycles. The molecule has 1 aliphatic rings. The van der Waals surface area contributed by atoms with Crippen LogP contribution in [0.1, 0.15) is 28.3 Å². The van der Waals surface area contributed by atoms with Crippen LogP contribution in [0.25, 0.3) is 0 Å². The molecule has 6 heteroatoms. The highest BCUT2D eigenvalue weighted by molar-refractivity contribution is 5.89. The average Bonchev–Trinajstić information content (AvgIpc) is 3.46. The van der Waals surface area contributed by atoms with Crippen molar-refractivity contribution < 1.29 is 19.4 Å². The number of hydrogen-bond donors (Lipinski definition) is 1. The highest BCUT2D eigenvalue weighted by atomic mass is 16.5. The molecule has 6 nitrogen and oxygen atoms in total. The van der Waals surface area contributed by atoms with Gasteiger partial charge in [0, 0.05) is 12.1 Å². The number of carbonyl (C=O) groups is 2. The lowest BCUT2D eigenvalue weighted by molar-refractivity contribution is -0.146. The molecule has 1 saturated carbocycles. The van der Waals surface area contributed by atoms with E-state index in [1.54, 1.807) is 6.33 Å². The number of rotatable bonds is 7. The number of nitrogens with zero attached hydrogens (tertiary/aromatic N) is 2. The number of methoxy groups -OCH3 is 1. The molecule has 1 aliphatic carbocycles. The molecule has 34 heavy (non-hydrogen) atoms. The van der Waals surface area contributed by atoms with Gasteiger partial charge in [0.15, 0.2) is 0 Å². The molecule has 0 saturated heterocycles. The molecule has 170 valence electrons. The molecule has 3 unspecified atom stereocenters. The Morgan fingerprint density at radius 1 is 0.824 bits per heavy atom. The number of carboxylic acids is 1. The van der Waals surface area contributed by atoms with Gasteiger partial charge in [0.25, 0.3) is 0 Å². The maximum atomic E-state index is 12.2. The normalized spacial score (nSPS) is 19.4. The van der Waals surface area contributed by atoms with E-state index in [0.717, 1.165) is 16.7 Å². The van der Waals surface area contributed by atoms with Crippen LogP contribution in [0.5, 0.6) is 0 Å². The summed E-state index contributed by atoms with van der Waals surface area (Å²) in [5, 5.41) is 9.66. The Kier molecular flexibility index (Phi) is 5.49. The summed E-state index contributed by atoms with van der Waals surface area (Å²) in [5.41, 5.74) is 2.92. The van der Waals surface area contributed by atoms with E-state index in [-0.39, 0.29) is 0 Å². The van der Waals surface area contributed by atoms with Gasteiger partial charge in [0.1, 0.15) is 5.54 Å². The average molecular weight is 453 g/mol. The summed E-state index contributed by atoms with van der Waals surface area (Å²) in [6, 6.07) is 30.4. The SMILES string of the molecule is COC(=O)C1C(C(=O)O)C1c1cn(C(c2ccccc2)(c2ccccc2)c2ccccc2)cn1. The predicted molar refractivity (Wildman–Crippen MR) is 126 cm³/mol. The zero-order chi connectivity index (χ0) is 23.7. The molecular formula is C28H24N2O4. The van der Waals surface area contributed by atoms with Gasteiger partial charge in [-0.3, -0.25) is 9.59 Å². The smallest absolute Gasteiger partial charge is 0.310 e. The molecule has 1 heterocycles. The summed E-state index contributed by atoms with van der Waals surface area (Å²) in [5.74, 6) is -3.63.